The summed E-state index contributed by atoms with van der Waals surface area (Å²) in [4.78, 5) is 45.3. The Balaban J connectivity index is 3.09. The number of nitrogens with one attached hydrogen (secondary N) is 1. The molecule has 0 spiro atoms. The van der Waals surface area contributed by atoms with Crippen LogP contribution in [0.5, 0.6) is 0 Å². The molecule has 0 aliphatic carbocycles. The molecule has 0 fully saturated rings. The second-order valence-corrected chi connectivity index (χ2v) is 3.48. The van der Waals surface area contributed by atoms with Crippen LogP contribution in [0.1, 0.15) is 6.92 Å². The summed E-state index contributed by atoms with van der Waals surface area (Å²) in [6.45, 7) is 4.84. The molecule has 9 heteroatoms. The fourth-order valence-electron chi connectivity index (χ4n) is 1.25. The lowest BCUT2D eigenvalue weighted by Gasteiger charge is -2.07. The predicted octanol–water partition coefficient (Wildman–Crippen LogP) is -0.436. The molecular formula is C10H11N3O6. The maximum atomic E-state index is 11.4. The summed E-state index contributed by atoms with van der Waals surface area (Å²) in [5.74, 6) is -0.719. The van der Waals surface area contributed by atoms with Crippen molar-refractivity contribution in [2.24, 2.45) is 0 Å². The number of nitrogens with zero attached hydrogens (tertiary/aromatic N) is 2. The molecule has 0 saturated heterocycles. The highest BCUT2D eigenvalue weighted by Crippen LogP contribution is 2.02. The van der Waals surface area contributed by atoms with Crippen molar-refractivity contribution in [3.05, 3.63) is 49.3 Å². The number of H-pyrrole nitrogens is 1. The van der Waals surface area contributed by atoms with E-state index in [0.29, 0.717) is 0 Å². The largest absolute Gasteiger partial charge is 0.463 e. The molecule has 0 amide bonds. The molecule has 0 unspecified atom stereocenters. The number of carbonyl (C=O) groups excluding carboxylic acids is 1. The zero-order chi connectivity index (χ0) is 14.6. The molecular weight excluding hydrogens is 258 g/mol. The van der Waals surface area contributed by atoms with Crippen molar-refractivity contribution in [1.82, 2.24) is 9.55 Å². The minimum absolute atomic E-state index is 0.0645. The van der Waals surface area contributed by atoms with E-state index < -0.39 is 27.8 Å². The van der Waals surface area contributed by atoms with E-state index in [9.17, 15) is 24.5 Å². The van der Waals surface area contributed by atoms with Gasteiger partial charge in [-0.2, -0.15) is 0 Å². The number of nitro groups is 1. The van der Waals surface area contributed by atoms with Gasteiger partial charge in [-0.3, -0.25) is 24.5 Å². The third kappa shape index (κ3) is 3.37. The number of esters is 1. The summed E-state index contributed by atoms with van der Waals surface area (Å²) in [5.41, 5.74) is -2.84. The van der Waals surface area contributed by atoms with Gasteiger partial charge in [0.1, 0.15) is 0 Å². The number of rotatable bonds is 5. The lowest BCUT2D eigenvalue weighted by molar-refractivity contribution is -0.386. The van der Waals surface area contributed by atoms with Crippen LogP contribution < -0.4 is 11.2 Å². The minimum atomic E-state index is -1.10. The van der Waals surface area contributed by atoms with Gasteiger partial charge in [-0.15, -0.1) is 0 Å². The van der Waals surface area contributed by atoms with Gasteiger partial charge in [0.05, 0.1) is 24.3 Å². The van der Waals surface area contributed by atoms with Crippen LogP contribution in [0.3, 0.4) is 0 Å². The SMILES string of the molecule is C=C(Cn1cc([N+](=O)[O-])c(=O)[nH]c1=O)C(=O)OCC. The Bertz CT molecular complexity index is 641. The molecule has 102 valence electrons. The van der Waals surface area contributed by atoms with Gasteiger partial charge in [0.25, 0.3) is 0 Å². The smallest absolute Gasteiger partial charge is 0.350 e. The van der Waals surface area contributed by atoms with Crippen molar-refractivity contribution >= 4 is 11.7 Å². The maximum absolute atomic E-state index is 11.4. The van der Waals surface area contributed by atoms with Gasteiger partial charge in [-0.25, -0.2) is 9.59 Å². The normalized spacial score (nSPS) is 9.95. The van der Waals surface area contributed by atoms with Gasteiger partial charge in [-0.1, -0.05) is 6.58 Å². The molecule has 0 aliphatic heterocycles. The van der Waals surface area contributed by atoms with E-state index in [1.165, 1.54) is 0 Å². The van der Waals surface area contributed by atoms with Crippen LogP contribution >= 0.6 is 0 Å². The highest BCUT2D eigenvalue weighted by atomic mass is 16.6. The second-order valence-electron chi connectivity index (χ2n) is 3.48. The number of aromatic nitrogens is 2. The highest BCUT2D eigenvalue weighted by molar-refractivity contribution is 5.87. The van der Waals surface area contributed by atoms with Crippen molar-refractivity contribution in [3.8, 4) is 0 Å². The molecule has 1 heterocycles. The summed E-state index contributed by atoms with van der Waals surface area (Å²) in [6, 6.07) is 0. The first kappa shape index (κ1) is 14.4. The van der Waals surface area contributed by atoms with E-state index in [-0.39, 0.29) is 18.7 Å². The third-order valence-corrected chi connectivity index (χ3v) is 2.11. The first-order valence-corrected chi connectivity index (χ1v) is 5.19. The Hall–Kier alpha value is -2.71. The van der Waals surface area contributed by atoms with Crippen LogP contribution in [0.2, 0.25) is 0 Å². The topological polar surface area (TPSA) is 124 Å². The van der Waals surface area contributed by atoms with Crippen molar-refractivity contribution in [2.45, 2.75) is 13.5 Å². The van der Waals surface area contributed by atoms with E-state index in [0.717, 1.165) is 10.8 Å². The van der Waals surface area contributed by atoms with Crippen LogP contribution in [0.25, 0.3) is 0 Å². The van der Waals surface area contributed by atoms with E-state index in [1.54, 1.807) is 11.9 Å². The Kier molecular flexibility index (Phi) is 4.35. The zero-order valence-electron chi connectivity index (χ0n) is 10.0. The van der Waals surface area contributed by atoms with Crippen LogP contribution in [-0.4, -0.2) is 27.1 Å². The summed E-state index contributed by atoms with van der Waals surface area (Å²) in [5, 5.41) is 10.6. The van der Waals surface area contributed by atoms with Gasteiger partial charge >= 0.3 is 22.9 Å². The van der Waals surface area contributed by atoms with Crippen LogP contribution in [0.4, 0.5) is 5.69 Å². The predicted molar refractivity (Wildman–Crippen MR) is 63.8 cm³/mol. The van der Waals surface area contributed by atoms with Crippen molar-refractivity contribution in [2.75, 3.05) is 6.61 Å². The van der Waals surface area contributed by atoms with Crippen molar-refractivity contribution in [3.63, 3.8) is 0 Å². The molecule has 1 N–H and O–H groups in total. The summed E-state index contributed by atoms with van der Waals surface area (Å²) in [7, 11) is 0. The maximum Gasteiger partial charge on any atom is 0.350 e. The monoisotopic (exact) mass is 269 g/mol. The molecule has 0 aliphatic rings. The highest BCUT2D eigenvalue weighted by Gasteiger charge is 2.16. The molecule has 0 atom stereocenters. The fraction of sp³-hybridized carbons (Fsp3) is 0.300. The molecule has 19 heavy (non-hydrogen) atoms. The average molecular weight is 269 g/mol. The molecule has 0 saturated carbocycles. The summed E-state index contributed by atoms with van der Waals surface area (Å²) in [6.07, 6.45) is 0.756. The summed E-state index contributed by atoms with van der Waals surface area (Å²) < 4.78 is 5.46. The lowest BCUT2D eigenvalue weighted by atomic mass is 10.3. The minimum Gasteiger partial charge on any atom is -0.463 e. The molecule has 1 rings (SSSR count). The fourth-order valence-corrected chi connectivity index (χ4v) is 1.25. The molecule has 0 bridgehead atoms. The molecule has 1 aromatic heterocycles. The van der Waals surface area contributed by atoms with E-state index in [2.05, 4.69) is 11.3 Å². The quantitative estimate of drug-likeness (QED) is 0.334. The van der Waals surface area contributed by atoms with Gasteiger partial charge in [0.2, 0.25) is 0 Å². The first-order valence-electron chi connectivity index (χ1n) is 5.19. The van der Waals surface area contributed by atoms with Crippen LogP contribution in [-0.2, 0) is 16.1 Å². The van der Waals surface area contributed by atoms with Crippen molar-refractivity contribution in [1.29, 1.82) is 0 Å². The number of carbonyl (C=O) groups is 1. The van der Waals surface area contributed by atoms with Crippen molar-refractivity contribution < 1.29 is 14.5 Å². The number of aromatic amines is 1. The lowest BCUT2D eigenvalue weighted by Crippen LogP contribution is -2.32. The van der Waals surface area contributed by atoms with E-state index in [1.807, 2.05) is 0 Å². The van der Waals surface area contributed by atoms with E-state index in [4.69, 9.17) is 0 Å². The molecule has 9 nitrogen and oxygen atoms in total. The molecule has 1 aromatic rings. The molecule has 0 radical (unpaired) electrons. The Morgan fingerprint density at radius 3 is 2.74 bits per heavy atom. The molecule has 0 aromatic carbocycles. The van der Waals surface area contributed by atoms with Crippen LogP contribution in [0.15, 0.2) is 27.9 Å². The Morgan fingerprint density at radius 1 is 1.58 bits per heavy atom. The van der Waals surface area contributed by atoms with Gasteiger partial charge in [-0.05, 0) is 6.92 Å². The summed E-state index contributed by atoms with van der Waals surface area (Å²) >= 11 is 0. The number of hydrogen-bond donors (Lipinski definition) is 1. The zero-order valence-corrected chi connectivity index (χ0v) is 10.0. The van der Waals surface area contributed by atoms with Gasteiger partial charge < -0.3 is 4.74 Å². The van der Waals surface area contributed by atoms with Gasteiger partial charge in [0, 0.05) is 5.57 Å². The van der Waals surface area contributed by atoms with E-state index >= 15 is 0 Å². The average Bonchev–Trinajstić information content (AvgIpc) is 2.32. The Morgan fingerprint density at radius 2 is 2.21 bits per heavy atom. The third-order valence-electron chi connectivity index (χ3n) is 2.11. The number of hydrogen-bond acceptors (Lipinski definition) is 6. The van der Waals surface area contributed by atoms with Crippen LogP contribution in [0, 0.1) is 10.1 Å². The second kappa shape index (κ2) is 5.76. The van der Waals surface area contributed by atoms with Gasteiger partial charge in [0.15, 0.2) is 0 Å². The standard InChI is InChI=1S/C10H11N3O6/c1-3-19-9(15)6(2)4-12-5-7(13(17)18)8(14)11-10(12)16/h5H,2-4H2,1H3,(H,11,14,16). The first-order chi connectivity index (χ1) is 8.86. The number of ether oxygens (including phenoxy) is 1. The Labute approximate surface area is 106 Å².